The summed E-state index contributed by atoms with van der Waals surface area (Å²) in [6.07, 6.45) is 3.45. The van der Waals surface area contributed by atoms with E-state index in [1.54, 1.807) is 71.4 Å². The molecule has 0 saturated heterocycles. The van der Waals surface area contributed by atoms with Crippen molar-refractivity contribution in [3.8, 4) is 17.6 Å². The lowest BCUT2D eigenvalue weighted by Gasteiger charge is -2.16. The van der Waals surface area contributed by atoms with Crippen LogP contribution >= 0.6 is 0 Å². The molecule has 4 rings (SSSR count). The van der Waals surface area contributed by atoms with E-state index in [9.17, 15) is 14.9 Å². The molecule has 0 unspecified atom stereocenters. The third kappa shape index (κ3) is 5.05. The van der Waals surface area contributed by atoms with E-state index >= 15 is 0 Å². The molecule has 0 atom stereocenters. The Balaban J connectivity index is 1.49. The Labute approximate surface area is 196 Å². The molecule has 4 aromatic rings. The van der Waals surface area contributed by atoms with Crippen molar-refractivity contribution < 1.29 is 14.3 Å². The number of fused-ring (bicyclic) bond motifs is 1. The quantitative estimate of drug-likeness (QED) is 0.420. The Kier molecular flexibility index (Phi) is 6.02. The van der Waals surface area contributed by atoms with Crippen LogP contribution in [0.5, 0.6) is 11.5 Å². The average Bonchev–Trinajstić information content (AvgIpc) is 3.20. The van der Waals surface area contributed by atoms with Gasteiger partial charge >= 0.3 is 0 Å². The van der Waals surface area contributed by atoms with E-state index in [1.807, 2.05) is 19.9 Å². The number of carbonyl (C=O) groups excluding carboxylic acids is 2. The number of nitrogens with zero attached hydrogens (tertiary/aromatic N) is 3. The molecular formula is C26H23N5O3. The number of hydrogen-bond donors (Lipinski definition) is 2. The highest BCUT2D eigenvalue weighted by Gasteiger charge is 2.21. The topological polar surface area (TPSA) is 109 Å². The van der Waals surface area contributed by atoms with E-state index in [1.165, 1.54) is 6.92 Å². The van der Waals surface area contributed by atoms with Crippen molar-refractivity contribution in [3.63, 3.8) is 0 Å². The van der Waals surface area contributed by atoms with Crippen molar-refractivity contribution in [2.75, 3.05) is 10.6 Å². The lowest BCUT2D eigenvalue weighted by molar-refractivity contribution is -0.114. The molecule has 2 aromatic carbocycles. The Hall–Kier alpha value is -4.64. The zero-order valence-electron chi connectivity index (χ0n) is 19.0. The van der Waals surface area contributed by atoms with Gasteiger partial charge in [-0.05, 0) is 55.8 Å². The van der Waals surface area contributed by atoms with Crippen LogP contribution in [0.2, 0.25) is 0 Å². The summed E-state index contributed by atoms with van der Waals surface area (Å²) < 4.78 is 7.71. The highest BCUT2D eigenvalue weighted by atomic mass is 16.5. The molecule has 0 spiro atoms. The Morgan fingerprint density at radius 1 is 1.00 bits per heavy atom. The second-order valence-corrected chi connectivity index (χ2v) is 8.34. The fraction of sp³-hybridized carbons (Fsp3) is 0.154. The molecule has 0 bridgehead atoms. The van der Waals surface area contributed by atoms with E-state index < -0.39 is 5.41 Å². The molecule has 8 heteroatoms. The molecule has 2 aromatic heterocycles. The molecule has 0 aliphatic carbocycles. The summed E-state index contributed by atoms with van der Waals surface area (Å²) >= 11 is 0. The van der Waals surface area contributed by atoms with Crippen molar-refractivity contribution in [1.29, 1.82) is 5.26 Å². The molecule has 0 aliphatic rings. The van der Waals surface area contributed by atoms with Gasteiger partial charge in [0.2, 0.25) is 5.91 Å². The van der Waals surface area contributed by atoms with Gasteiger partial charge in [-0.1, -0.05) is 18.2 Å². The lowest BCUT2D eigenvalue weighted by Crippen LogP contribution is -2.17. The molecule has 34 heavy (non-hydrogen) atoms. The molecule has 0 fully saturated rings. The molecule has 0 saturated carbocycles. The number of carbonyl (C=O) groups is 2. The summed E-state index contributed by atoms with van der Waals surface area (Å²) in [4.78, 5) is 28.4. The minimum atomic E-state index is -0.691. The van der Waals surface area contributed by atoms with Crippen LogP contribution in [0.25, 0.3) is 5.65 Å². The number of pyridine rings is 1. The van der Waals surface area contributed by atoms with Crippen molar-refractivity contribution in [1.82, 2.24) is 9.38 Å². The third-order valence-electron chi connectivity index (χ3n) is 5.18. The number of anilines is 2. The van der Waals surface area contributed by atoms with Gasteiger partial charge in [0, 0.05) is 24.2 Å². The van der Waals surface area contributed by atoms with Crippen LogP contribution in [0.15, 0.2) is 73.1 Å². The predicted octanol–water partition coefficient (Wildman–Crippen LogP) is 5.14. The van der Waals surface area contributed by atoms with Crippen LogP contribution in [-0.2, 0) is 10.2 Å². The summed E-state index contributed by atoms with van der Waals surface area (Å²) in [6, 6.07) is 19.9. The summed E-state index contributed by atoms with van der Waals surface area (Å²) in [7, 11) is 0. The van der Waals surface area contributed by atoms with Gasteiger partial charge < -0.3 is 19.8 Å². The summed E-state index contributed by atoms with van der Waals surface area (Å²) in [6.45, 7) is 5.05. The van der Waals surface area contributed by atoms with E-state index in [2.05, 4.69) is 21.7 Å². The molecule has 2 heterocycles. The second-order valence-electron chi connectivity index (χ2n) is 8.34. The molecular weight excluding hydrogens is 430 g/mol. The van der Waals surface area contributed by atoms with Crippen molar-refractivity contribution in [2.24, 2.45) is 0 Å². The average molecular weight is 454 g/mol. The van der Waals surface area contributed by atoms with Crippen molar-refractivity contribution in [3.05, 3.63) is 84.2 Å². The number of hydrogen-bond acceptors (Lipinski definition) is 5. The number of aromatic nitrogens is 2. The SMILES string of the molecule is CC(=O)Nc1cn2cc(Oc3cccc(NC(=O)c4cccc(C(C)(C)C#N)c4)c3)ccc2n1. The normalized spacial score (nSPS) is 11.0. The van der Waals surface area contributed by atoms with E-state index in [0.717, 1.165) is 5.56 Å². The minimum Gasteiger partial charge on any atom is -0.456 e. The number of imidazole rings is 1. The number of nitriles is 1. The maximum Gasteiger partial charge on any atom is 0.255 e. The fourth-order valence-electron chi connectivity index (χ4n) is 3.36. The molecule has 0 aliphatic heterocycles. The van der Waals surface area contributed by atoms with Gasteiger partial charge in [0.15, 0.2) is 5.82 Å². The Morgan fingerprint density at radius 3 is 2.56 bits per heavy atom. The van der Waals surface area contributed by atoms with Gasteiger partial charge in [-0.25, -0.2) is 4.98 Å². The van der Waals surface area contributed by atoms with Gasteiger partial charge in [0.25, 0.3) is 5.91 Å². The number of benzene rings is 2. The zero-order valence-corrected chi connectivity index (χ0v) is 19.0. The molecule has 8 nitrogen and oxygen atoms in total. The number of ether oxygens (including phenoxy) is 1. The Morgan fingerprint density at radius 2 is 1.79 bits per heavy atom. The van der Waals surface area contributed by atoms with Crippen LogP contribution in [-0.4, -0.2) is 21.2 Å². The first-order valence-corrected chi connectivity index (χ1v) is 10.6. The molecule has 2 amide bonds. The highest BCUT2D eigenvalue weighted by Crippen LogP contribution is 2.26. The minimum absolute atomic E-state index is 0.195. The summed E-state index contributed by atoms with van der Waals surface area (Å²) in [5, 5.41) is 14.9. The Bertz CT molecular complexity index is 1430. The first-order valence-electron chi connectivity index (χ1n) is 10.6. The van der Waals surface area contributed by atoms with Gasteiger partial charge in [0.1, 0.15) is 17.1 Å². The van der Waals surface area contributed by atoms with Gasteiger partial charge in [0.05, 0.1) is 23.9 Å². The summed E-state index contributed by atoms with van der Waals surface area (Å²) in [5.74, 6) is 1.09. The standard InChI is InChI=1S/C26H23N5O3/c1-17(32)28-23-15-31-14-22(10-11-24(31)30-23)34-21-9-5-8-20(13-21)29-25(33)18-6-4-7-19(12-18)26(2,3)16-27/h4-15H,1-3H3,(H,28,32)(H,29,33). The molecule has 170 valence electrons. The van der Waals surface area contributed by atoms with Crippen LogP contribution in [0.3, 0.4) is 0 Å². The van der Waals surface area contributed by atoms with Crippen molar-refractivity contribution in [2.45, 2.75) is 26.2 Å². The summed E-state index contributed by atoms with van der Waals surface area (Å²) in [5.41, 5.74) is 1.79. The van der Waals surface area contributed by atoms with Crippen molar-refractivity contribution >= 4 is 29.0 Å². The number of nitrogens with one attached hydrogen (secondary N) is 2. The third-order valence-corrected chi connectivity index (χ3v) is 5.18. The maximum atomic E-state index is 12.8. The molecule has 2 N–H and O–H groups in total. The van der Waals surface area contributed by atoms with E-state index in [4.69, 9.17) is 4.74 Å². The van der Waals surface area contributed by atoms with Gasteiger partial charge in [-0.3, -0.25) is 9.59 Å². The lowest BCUT2D eigenvalue weighted by atomic mass is 9.85. The zero-order chi connectivity index (χ0) is 24.3. The monoisotopic (exact) mass is 453 g/mol. The van der Waals surface area contributed by atoms with E-state index in [0.29, 0.717) is 34.2 Å². The van der Waals surface area contributed by atoms with E-state index in [-0.39, 0.29) is 11.8 Å². The largest absolute Gasteiger partial charge is 0.456 e. The first-order chi connectivity index (χ1) is 16.2. The van der Waals surface area contributed by atoms with Crippen LogP contribution in [0.1, 0.15) is 36.7 Å². The highest BCUT2D eigenvalue weighted by molar-refractivity contribution is 6.04. The van der Waals surface area contributed by atoms with Crippen LogP contribution in [0.4, 0.5) is 11.5 Å². The smallest absolute Gasteiger partial charge is 0.255 e. The first kappa shape index (κ1) is 22.6. The van der Waals surface area contributed by atoms with Crippen LogP contribution in [0, 0.1) is 11.3 Å². The van der Waals surface area contributed by atoms with Gasteiger partial charge in [-0.15, -0.1) is 0 Å². The molecule has 0 radical (unpaired) electrons. The maximum absolute atomic E-state index is 12.8. The van der Waals surface area contributed by atoms with Crippen LogP contribution < -0.4 is 15.4 Å². The fourth-order valence-corrected chi connectivity index (χ4v) is 3.36. The van der Waals surface area contributed by atoms with Gasteiger partial charge in [-0.2, -0.15) is 5.26 Å². The second kappa shape index (κ2) is 9.08. The number of rotatable bonds is 6. The number of amides is 2. The predicted molar refractivity (Wildman–Crippen MR) is 129 cm³/mol.